The first-order valence-corrected chi connectivity index (χ1v) is 6.07. The van der Waals surface area contributed by atoms with Gasteiger partial charge in [0.1, 0.15) is 0 Å². The van der Waals surface area contributed by atoms with Gasteiger partial charge in [0.15, 0.2) is 0 Å². The summed E-state index contributed by atoms with van der Waals surface area (Å²) in [6.45, 7) is 6.24. The van der Waals surface area contributed by atoms with E-state index in [4.69, 9.17) is 0 Å². The van der Waals surface area contributed by atoms with Crippen LogP contribution in [0.4, 0.5) is 5.69 Å². The molecule has 0 bridgehead atoms. The van der Waals surface area contributed by atoms with Crippen molar-refractivity contribution in [1.82, 2.24) is 0 Å². The molecular formula is C14H23NO. The van der Waals surface area contributed by atoms with Gasteiger partial charge in [-0.15, -0.1) is 0 Å². The molecule has 0 heterocycles. The molecule has 1 N–H and O–H groups in total. The van der Waals surface area contributed by atoms with E-state index >= 15 is 0 Å². The summed E-state index contributed by atoms with van der Waals surface area (Å²) < 4.78 is 0. The third kappa shape index (κ3) is 3.24. The second-order valence-electron chi connectivity index (χ2n) is 4.52. The Morgan fingerprint density at radius 3 is 2.19 bits per heavy atom. The second kappa shape index (κ2) is 5.90. The van der Waals surface area contributed by atoms with Crippen LogP contribution in [-0.2, 0) is 0 Å². The summed E-state index contributed by atoms with van der Waals surface area (Å²) in [6, 6.07) is 8.70. The average Bonchev–Trinajstić information content (AvgIpc) is 2.28. The van der Waals surface area contributed by atoms with Crippen LogP contribution in [0, 0.1) is 0 Å². The molecule has 2 unspecified atom stereocenters. The zero-order valence-electron chi connectivity index (χ0n) is 10.8. The highest BCUT2D eigenvalue weighted by molar-refractivity contribution is 5.47. The first-order chi connectivity index (χ1) is 7.56. The summed E-state index contributed by atoms with van der Waals surface area (Å²) in [5, 5.41) is 9.43. The molecule has 0 saturated heterocycles. The van der Waals surface area contributed by atoms with Crippen LogP contribution < -0.4 is 4.90 Å². The molecule has 0 radical (unpaired) electrons. The van der Waals surface area contributed by atoms with Gasteiger partial charge in [0, 0.05) is 18.8 Å². The van der Waals surface area contributed by atoms with Gasteiger partial charge in [-0.1, -0.05) is 25.5 Å². The van der Waals surface area contributed by atoms with E-state index in [2.05, 4.69) is 37.9 Å². The molecule has 0 aromatic heterocycles. The number of hydrogen-bond acceptors (Lipinski definition) is 2. The monoisotopic (exact) mass is 221 g/mol. The fraction of sp³-hybridized carbons (Fsp3) is 0.571. The quantitative estimate of drug-likeness (QED) is 0.824. The lowest BCUT2D eigenvalue weighted by atomic mass is 10.1. The smallest absolute Gasteiger partial charge is 0.0761 e. The number of aliphatic hydroxyl groups is 1. The van der Waals surface area contributed by atoms with Crippen molar-refractivity contribution in [3.8, 4) is 0 Å². The number of rotatable bonds is 5. The Hall–Kier alpha value is -1.02. The van der Waals surface area contributed by atoms with Gasteiger partial charge in [-0.3, -0.25) is 0 Å². The van der Waals surface area contributed by atoms with Gasteiger partial charge in [0.25, 0.3) is 0 Å². The first kappa shape index (κ1) is 13.0. The van der Waals surface area contributed by atoms with Gasteiger partial charge in [-0.2, -0.15) is 0 Å². The molecule has 2 nitrogen and oxygen atoms in total. The van der Waals surface area contributed by atoms with Gasteiger partial charge in [0.2, 0.25) is 0 Å². The number of benzene rings is 1. The molecule has 90 valence electrons. The third-order valence-corrected chi connectivity index (χ3v) is 3.15. The lowest BCUT2D eigenvalue weighted by Crippen LogP contribution is -2.28. The minimum Gasteiger partial charge on any atom is -0.389 e. The van der Waals surface area contributed by atoms with E-state index in [1.165, 1.54) is 18.5 Å². The van der Waals surface area contributed by atoms with E-state index in [0.717, 1.165) is 5.56 Å². The summed E-state index contributed by atoms with van der Waals surface area (Å²) in [5.74, 6) is 0. The molecule has 0 aliphatic heterocycles. The third-order valence-electron chi connectivity index (χ3n) is 3.15. The summed E-state index contributed by atoms with van der Waals surface area (Å²) in [6.07, 6.45) is 2.03. The molecule has 0 spiro atoms. The normalized spacial score (nSPS) is 14.6. The molecule has 1 aromatic carbocycles. The van der Waals surface area contributed by atoms with Gasteiger partial charge < -0.3 is 10.0 Å². The van der Waals surface area contributed by atoms with Crippen molar-refractivity contribution in [3.05, 3.63) is 29.8 Å². The van der Waals surface area contributed by atoms with Crippen LogP contribution in [0.3, 0.4) is 0 Å². The lowest BCUT2D eigenvalue weighted by molar-refractivity contribution is 0.199. The molecule has 0 fully saturated rings. The fourth-order valence-electron chi connectivity index (χ4n) is 1.85. The molecular weight excluding hydrogens is 198 g/mol. The van der Waals surface area contributed by atoms with Crippen LogP contribution >= 0.6 is 0 Å². The number of hydrogen-bond donors (Lipinski definition) is 1. The molecule has 2 atom stereocenters. The Morgan fingerprint density at radius 1 is 1.19 bits per heavy atom. The van der Waals surface area contributed by atoms with Crippen LogP contribution in [0.1, 0.15) is 45.3 Å². The van der Waals surface area contributed by atoms with Crippen LogP contribution in [0.25, 0.3) is 0 Å². The zero-order valence-corrected chi connectivity index (χ0v) is 10.8. The van der Waals surface area contributed by atoms with Crippen molar-refractivity contribution in [2.75, 3.05) is 11.9 Å². The Morgan fingerprint density at radius 2 is 1.75 bits per heavy atom. The van der Waals surface area contributed by atoms with Gasteiger partial charge in [0.05, 0.1) is 6.10 Å². The number of nitrogens with zero attached hydrogens (tertiary/aromatic N) is 1. The second-order valence-corrected chi connectivity index (χ2v) is 4.52. The van der Waals surface area contributed by atoms with Crippen molar-refractivity contribution < 1.29 is 5.11 Å². The molecule has 0 saturated carbocycles. The summed E-state index contributed by atoms with van der Waals surface area (Å²) in [5.41, 5.74) is 2.19. The number of anilines is 1. The molecule has 1 rings (SSSR count). The summed E-state index contributed by atoms with van der Waals surface area (Å²) >= 11 is 0. The highest BCUT2D eigenvalue weighted by atomic mass is 16.3. The van der Waals surface area contributed by atoms with Gasteiger partial charge >= 0.3 is 0 Å². The largest absolute Gasteiger partial charge is 0.389 e. The Bertz CT molecular complexity index is 305. The molecule has 0 aliphatic carbocycles. The van der Waals surface area contributed by atoms with E-state index in [9.17, 15) is 5.11 Å². The Kier molecular flexibility index (Phi) is 4.81. The topological polar surface area (TPSA) is 23.5 Å². The van der Waals surface area contributed by atoms with E-state index in [-0.39, 0.29) is 6.10 Å². The minimum absolute atomic E-state index is 0.382. The molecule has 0 aliphatic rings. The highest BCUT2D eigenvalue weighted by Gasteiger charge is 2.09. The summed E-state index contributed by atoms with van der Waals surface area (Å²) in [4.78, 5) is 2.29. The average molecular weight is 221 g/mol. The van der Waals surface area contributed by atoms with Crippen LogP contribution in [0.15, 0.2) is 24.3 Å². The highest BCUT2D eigenvalue weighted by Crippen LogP contribution is 2.20. The predicted octanol–water partition coefficient (Wildman–Crippen LogP) is 3.36. The molecule has 0 amide bonds. The zero-order chi connectivity index (χ0) is 12.1. The van der Waals surface area contributed by atoms with E-state index in [0.29, 0.717) is 6.04 Å². The van der Waals surface area contributed by atoms with E-state index < -0.39 is 0 Å². The van der Waals surface area contributed by atoms with Gasteiger partial charge in [-0.05, 0) is 38.0 Å². The van der Waals surface area contributed by atoms with Crippen molar-refractivity contribution in [1.29, 1.82) is 0 Å². The van der Waals surface area contributed by atoms with Crippen LogP contribution in [-0.4, -0.2) is 18.2 Å². The maximum atomic E-state index is 9.43. The minimum atomic E-state index is -0.382. The van der Waals surface area contributed by atoms with Crippen molar-refractivity contribution in [2.24, 2.45) is 0 Å². The predicted molar refractivity (Wildman–Crippen MR) is 69.8 cm³/mol. The Balaban J connectivity index is 2.73. The molecule has 1 aromatic rings. The van der Waals surface area contributed by atoms with Gasteiger partial charge in [-0.25, -0.2) is 0 Å². The van der Waals surface area contributed by atoms with Crippen molar-refractivity contribution in [3.63, 3.8) is 0 Å². The fourth-order valence-corrected chi connectivity index (χ4v) is 1.85. The van der Waals surface area contributed by atoms with Crippen molar-refractivity contribution in [2.45, 2.75) is 45.8 Å². The molecule has 16 heavy (non-hydrogen) atoms. The first-order valence-electron chi connectivity index (χ1n) is 6.07. The van der Waals surface area contributed by atoms with Crippen LogP contribution in [0.2, 0.25) is 0 Å². The maximum absolute atomic E-state index is 9.43. The lowest BCUT2D eigenvalue weighted by Gasteiger charge is -2.27. The van der Waals surface area contributed by atoms with E-state index in [1.54, 1.807) is 6.92 Å². The van der Waals surface area contributed by atoms with Crippen LogP contribution in [0.5, 0.6) is 0 Å². The Labute approximate surface area is 98.9 Å². The summed E-state index contributed by atoms with van der Waals surface area (Å²) in [7, 11) is 2.12. The van der Waals surface area contributed by atoms with E-state index in [1.807, 2.05) is 12.1 Å². The van der Waals surface area contributed by atoms with Crippen molar-refractivity contribution >= 4 is 5.69 Å². The maximum Gasteiger partial charge on any atom is 0.0761 e. The number of aliphatic hydroxyl groups excluding tert-OH is 1. The SMILES string of the molecule is CCCC(C)N(C)c1ccc(C(C)O)cc1. The molecule has 2 heteroatoms. The standard InChI is InChI=1S/C14H23NO/c1-5-6-11(2)15(4)14-9-7-13(8-10-14)12(3)16/h7-12,16H,5-6H2,1-4H3.